The fourth-order valence-electron chi connectivity index (χ4n) is 1.44. The van der Waals surface area contributed by atoms with Crippen LogP contribution in [0.15, 0.2) is 30.7 Å². The molecule has 2 rings (SSSR count). The number of carbonyl (C=O) groups is 1. The molecule has 0 aliphatic heterocycles. The van der Waals surface area contributed by atoms with Crippen molar-refractivity contribution in [3.05, 3.63) is 35.6 Å². The van der Waals surface area contributed by atoms with Crippen molar-refractivity contribution >= 4 is 42.1 Å². The fourth-order valence-corrected chi connectivity index (χ4v) is 2.28. The van der Waals surface area contributed by atoms with Gasteiger partial charge in [0.25, 0.3) is 5.91 Å². The standard InChI is InChI=1S/C13H16N4OS.2ClH/c1-9(14-2)7-16-12(18)11-8-17-13(19-11)10-3-5-15-6-4-10;;/h3-6,8-9,14H,7H2,1-2H3,(H,16,18);2*1H. The number of thiazole rings is 1. The summed E-state index contributed by atoms with van der Waals surface area (Å²) in [5, 5.41) is 6.77. The Morgan fingerprint density at radius 2 is 2.00 bits per heavy atom. The minimum absolute atomic E-state index is 0. The van der Waals surface area contributed by atoms with Crippen LogP contribution in [0, 0.1) is 0 Å². The van der Waals surface area contributed by atoms with E-state index >= 15 is 0 Å². The summed E-state index contributed by atoms with van der Waals surface area (Å²) in [5.74, 6) is -0.0834. The number of aromatic nitrogens is 2. The molecular weight excluding hydrogens is 331 g/mol. The van der Waals surface area contributed by atoms with Gasteiger partial charge >= 0.3 is 0 Å². The largest absolute Gasteiger partial charge is 0.350 e. The molecule has 116 valence electrons. The number of pyridine rings is 1. The number of rotatable bonds is 5. The molecule has 0 aromatic carbocycles. The van der Waals surface area contributed by atoms with Crippen LogP contribution in [0.4, 0.5) is 0 Å². The van der Waals surface area contributed by atoms with Crippen molar-refractivity contribution in [1.82, 2.24) is 20.6 Å². The molecule has 0 fully saturated rings. The van der Waals surface area contributed by atoms with Gasteiger partial charge in [-0.1, -0.05) is 0 Å². The molecule has 0 saturated heterocycles. The van der Waals surface area contributed by atoms with Crippen LogP contribution in [0.2, 0.25) is 0 Å². The van der Waals surface area contributed by atoms with E-state index in [9.17, 15) is 4.79 Å². The van der Waals surface area contributed by atoms with Crippen molar-refractivity contribution in [3.63, 3.8) is 0 Å². The second-order valence-corrected chi connectivity index (χ2v) is 5.20. The highest BCUT2D eigenvalue weighted by Gasteiger charge is 2.12. The second kappa shape index (κ2) is 9.68. The number of likely N-dealkylation sites (N-methyl/N-ethyl adjacent to an activating group) is 1. The predicted octanol–water partition coefficient (Wildman–Crippen LogP) is 2.39. The van der Waals surface area contributed by atoms with Gasteiger partial charge in [-0.15, -0.1) is 36.2 Å². The van der Waals surface area contributed by atoms with Crippen molar-refractivity contribution in [2.24, 2.45) is 0 Å². The van der Waals surface area contributed by atoms with E-state index in [-0.39, 0.29) is 36.8 Å². The van der Waals surface area contributed by atoms with E-state index in [1.165, 1.54) is 11.3 Å². The van der Waals surface area contributed by atoms with Crippen molar-refractivity contribution in [3.8, 4) is 10.6 Å². The first-order valence-electron chi connectivity index (χ1n) is 6.02. The molecule has 2 N–H and O–H groups in total. The van der Waals surface area contributed by atoms with Crippen LogP contribution in [0.5, 0.6) is 0 Å². The third-order valence-corrected chi connectivity index (χ3v) is 3.76. The fraction of sp³-hybridized carbons (Fsp3) is 0.308. The Balaban J connectivity index is 0.00000200. The summed E-state index contributed by atoms with van der Waals surface area (Å²) >= 11 is 1.38. The highest BCUT2D eigenvalue weighted by molar-refractivity contribution is 7.16. The zero-order valence-corrected chi connectivity index (χ0v) is 14.1. The number of nitrogens with one attached hydrogen (secondary N) is 2. The number of nitrogens with zero attached hydrogens (tertiary/aromatic N) is 2. The summed E-state index contributed by atoms with van der Waals surface area (Å²) in [6, 6.07) is 4.00. The van der Waals surface area contributed by atoms with Gasteiger partial charge in [-0.2, -0.15) is 0 Å². The van der Waals surface area contributed by atoms with E-state index < -0.39 is 0 Å². The summed E-state index contributed by atoms with van der Waals surface area (Å²) in [6.45, 7) is 2.60. The van der Waals surface area contributed by atoms with Crippen molar-refractivity contribution in [2.75, 3.05) is 13.6 Å². The third kappa shape index (κ3) is 5.59. The Kier molecular flexibility index (Phi) is 9.12. The van der Waals surface area contributed by atoms with Gasteiger partial charge in [0, 0.05) is 30.5 Å². The van der Waals surface area contributed by atoms with E-state index in [0.29, 0.717) is 11.4 Å². The molecule has 0 bridgehead atoms. The monoisotopic (exact) mass is 348 g/mol. The molecule has 2 aromatic rings. The van der Waals surface area contributed by atoms with Crippen LogP contribution in [0.25, 0.3) is 10.6 Å². The Labute approximate surface area is 140 Å². The molecule has 21 heavy (non-hydrogen) atoms. The lowest BCUT2D eigenvalue weighted by Crippen LogP contribution is -2.36. The molecule has 1 atom stereocenters. The summed E-state index contributed by atoms with van der Waals surface area (Å²) in [5.41, 5.74) is 0.975. The van der Waals surface area contributed by atoms with Crippen LogP contribution in [0.1, 0.15) is 16.6 Å². The molecule has 0 aliphatic rings. The van der Waals surface area contributed by atoms with E-state index in [1.807, 2.05) is 26.1 Å². The second-order valence-electron chi connectivity index (χ2n) is 4.17. The predicted molar refractivity (Wildman–Crippen MR) is 90.7 cm³/mol. The molecular formula is C13H18Cl2N4OS. The van der Waals surface area contributed by atoms with Crippen LogP contribution in [-0.4, -0.2) is 35.5 Å². The first-order valence-corrected chi connectivity index (χ1v) is 6.84. The third-order valence-electron chi connectivity index (χ3n) is 2.72. The maximum Gasteiger partial charge on any atom is 0.263 e. The molecule has 2 aromatic heterocycles. The molecule has 1 unspecified atom stereocenters. The lowest BCUT2D eigenvalue weighted by atomic mass is 10.3. The Bertz CT molecular complexity index is 550. The molecule has 8 heteroatoms. The SMILES string of the molecule is CNC(C)CNC(=O)c1cnc(-c2ccncc2)s1.Cl.Cl. The minimum Gasteiger partial charge on any atom is -0.350 e. The maximum atomic E-state index is 11.9. The molecule has 0 saturated carbocycles. The minimum atomic E-state index is -0.0834. The lowest BCUT2D eigenvalue weighted by molar-refractivity contribution is 0.0954. The van der Waals surface area contributed by atoms with Gasteiger partial charge in [-0.25, -0.2) is 4.98 Å². The summed E-state index contributed by atoms with van der Waals surface area (Å²) in [4.78, 5) is 20.8. The van der Waals surface area contributed by atoms with Gasteiger partial charge in [0.1, 0.15) is 9.88 Å². The summed E-state index contributed by atoms with van der Waals surface area (Å²) < 4.78 is 0. The molecule has 0 radical (unpaired) electrons. The van der Waals surface area contributed by atoms with E-state index in [0.717, 1.165) is 10.6 Å². The number of hydrogen-bond acceptors (Lipinski definition) is 5. The first kappa shape index (κ1) is 19.8. The van der Waals surface area contributed by atoms with Gasteiger partial charge in [-0.05, 0) is 26.1 Å². The quantitative estimate of drug-likeness (QED) is 0.870. The van der Waals surface area contributed by atoms with Gasteiger partial charge in [0.2, 0.25) is 0 Å². The molecule has 2 heterocycles. The lowest BCUT2D eigenvalue weighted by Gasteiger charge is -2.10. The van der Waals surface area contributed by atoms with Gasteiger partial charge in [0.05, 0.1) is 6.20 Å². The molecule has 0 spiro atoms. The summed E-state index contributed by atoms with van der Waals surface area (Å²) in [6.07, 6.45) is 5.04. The highest BCUT2D eigenvalue weighted by Crippen LogP contribution is 2.24. The molecule has 5 nitrogen and oxygen atoms in total. The smallest absolute Gasteiger partial charge is 0.263 e. The Morgan fingerprint density at radius 3 is 2.62 bits per heavy atom. The van der Waals surface area contributed by atoms with E-state index in [2.05, 4.69) is 20.6 Å². The average Bonchev–Trinajstić information content (AvgIpc) is 2.95. The Morgan fingerprint density at radius 1 is 1.33 bits per heavy atom. The van der Waals surface area contributed by atoms with Crippen molar-refractivity contribution in [2.45, 2.75) is 13.0 Å². The normalized spacial score (nSPS) is 11.0. The van der Waals surface area contributed by atoms with Crippen LogP contribution in [0.3, 0.4) is 0 Å². The van der Waals surface area contributed by atoms with E-state index in [4.69, 9.17) is 0 Å². The van der Waals surface area contributed by atoms with Crippen LogP contribution < -0.4 is 10.6 Å². The van der Waals surface area contributed by atoms with Gasteiger partial charge in [-0.3, -0.25) is 9.78 Å². The zero-order chi connectivity index (χ0) is 13.7. The highest BCUT2D eigenvalue weighted by atomic mass is 35.5. The average molecular weight is 349 g/mol. The van der Waals surface area contributed by atoms with Gasteiger partial charge in [0.15, 0.2) is 0 Å². The van der Waals surface area contributed by atoms with Crippen molar-refractivity contribution < 1.29 is 4.79 Å². The number of halogens is 2. The maximum absolute atomic E-state index is 11.9. The zero-order valence-electron chi connectivity index (χ0n) is 11.7. The van der Waals surface area contributed by atoms with Gasteiger partial charge < -0.3 is 10.6 Å². The van der Waals surface area contributed by atoms with Crippen LogP contribution in [-0.2, 0) is 0 Å². The molecule has 1 amide bonds. The number of carbonyl (C=O) groups excluding carboxylic acids is 1. The summed E-state index contributed by atoms with van der Waals surface area (Å²) in [7, 11) is 1.87. The number of hydrogen-bond donors (Lipinski definition) is 2. The number of amides is 1. The Hall–Kier alpha value is -1.21. The topological polar surface area (TPSA) is 66.9 Å². The molecule has 0 aliphatic carbocycles. The van der Waals surface area contributed by atoms with E-state index in [1.54, 1.807) is 18.6 Å². The van der Waals surface area contributed by atoms with Crippen LogP contribution >= 0.6 is 36.2 Å². The van der Waals surface area contributed by atoms with Crippen molar-refractivity contribution in [1.29, 1.82) is 0 Å². The first-order chi connectivity index (χ1) is 9.20.